The minimum atomic E-state index is 0.843. The van der Waals surface area contributed by atoms with Crippen LogP contribution in [-0.4, -0.2) is 0 Å². The van der Waals surface area contributed by atoms with Crippen LogP contribution in [0.4, 0.5) is 0 Å². The van der Waals surface area contributed by atoms with Crippen molar-refractivity contribution in [2.24, 2.45) is 35.5 Å². The molecule has 0 heteroatoms. The van der Waals surface area contributed by atoms with Gasteiger partial charge in [-0.1, -0.05) is 69.2 Å². The van der Waals surface area contributed by atoms with E-state index in [0.29, 0.717) is 0 Å². The quantitative estimate of drug-likeness (QED) is 0.564. The van der Waals surface area contributed by atoms with Crippen LogP contribution in [0.1, 0.15) is 69.2 Å². The molecule has 0 aliphatic carbocycles. The fraction of sp³-hybridized carbons (Fsp3) is 1.00. The Hall–Kier alpha value is 0. The van der Waals surface area contributed by atoms with Crippen molar-refractivity contribution in [1.82, 2.24) is 0 Å². The second kappa shape index (κ2) is 9.07. The third-order valence-electron chi connectivity index (χ3n) is 4.21. The van der Waals surface area contributed by atoms with Crippen LogP contribution in [-0.2, 0) is 0 Å². The van der Waals surface area contributed by atoms with Crippen LogP contribution >= 0.6 is 0 Å². The van der Waals surface area contributed by atoms with Gasteiger partial charge in [0.05, 0.1) is 0 Å². The monoisotopic (exact) mass is 228 g/mol. The molecule has 0 aliphatic heterocycles. The molecule has 0 rings (SSSR count). The van der Waals surface area contributed by atoms with E-state index in [9.17, 15) is 0 Å². The number of hydrogen-bond acceptors (Lipinski definition) is 0. The van der Waals surface area contributed by atoms with E-state index >= 15 is 0 Å². The Kier molecular flexibility index (Phi) is 10.4. The Labute approximate surface area is 105 Å². The molecule has 0 saturated carbocycles. The smallest absolute Gasteiger partial charge is 0.0396 e. The first kappa shape index (κ1) is 18.4. The molecule has 16 heavy (non-hydrogen) atoms. The molecule has 0 aliphatic rings. The van der Waals surface area contributed by atoms with Crippen molar-refractivity contribution in [1.29, 1.82) is 0 Å². The van der Waals surface area contributed by atoms with Crippen LogP contribution in [0, 0.1) is 35.5 Å². The minimum absolute atomic E-state index is 0.843. The summed E-state index contributed by atoms with van der Waals surface area (Å²) >= 11 is 0. The van der Waals surface area contributed by atoms with Crippen LogP contribution in [0.5, 0.6) is 0 Å². The summed E-state index contributed by atoms with van der Waals surface area (Å²) in [6, 6.07) is 0. The average Bonchev–Trinajstić information content (AvgIpc) is 2.15. The summed E-state index contributed by atoms with van der Waals surface area (Å²) < 4.78 is 0. The van der Waals surface area contributed by atoms with Gasteiger partial charge >= 0.3 is 0 Å². The summed E-state index contributed by atoms with van der Waals surface area (Å²) in [5.74, 6) is 5.11. The molecule has 0 bridgehead atoms. The van der Waals surface area contributed by atoms with Crippen molar-refractivity contribution in [2.45, 2.75) is 69.2 Å². The Bertz CT molecular complexity index is 108. The highest BCUT2D eigenvalue weighted by Crippen LogP contribution is 2.19. The van der Waals surface area contributed by atoms with Crippen molar-refractivity contribution in [3.05, 3.63) is 0 Å². The lowest BCUT2D eigenvalue weighted by molar-refractivity contribution is 0.316. The normalized spacial score (nSPS) is 12.0. The summed E-state index contributed by atoms with van der Waals surface area (Å²) in [5, 5.41) is 0. The van der Waals surface area contributed by atoms with Gasteiger partial charge in [0.2, 0.25) is 0 Å². The summed E-state index contributed by atoms with van der Waals surface area (Å²) in [4.78, 5) is 0. The summed E-state index contributed by atoms with van der Waals surface area (Å²) in [7, 11) is 0. The molecule has 0 spiro atoms. The number of hydrogen-bond donors (Lipinski definition) is 0. The van der Waals surface area contributed by atoms with Gasteiger partial charge < -0.3 is 0 Å². The van der Waals surface area contributed by atoms with Crippen LogP contribution < -0.4 is 0 Å². The summed E-state index contributed by atoms with van der Waals surface area (Å²) in [5.41, 5.74) is 0. The predicted octanol–water partition coefficient (Wildman–Crippen LogP) is 5.87. The zero-order chi connectivity index (χ0) is 13.5. The van der Waals surface area contributed by atoms with E-state index in [4.69, 9.17) is 0 Å². The van der Waals surface area contributed by atoms with Crippen molar-refractivity contribution in [3.8, 4) is 0 Å². The van der Waals surface area contributed by atoms with Crippen LogP contribution in [0.15, 0.2) is 0 Å². The minimum Gasteiger partial charge on any atom is -0.0625 e. The molecule has 0 aromatic carbocycles. The van der Waals surface area contributed by atoms with Gasteiger partial charge in [0.25, 0.3) is 0 Å². The molecule has 0 nitrogen and oxygen atoms in total. The SMILES string of the molecule is CC(C)C(C)C(C)C.CC(C)C(C)C(C)C. The van der Waals surface area contributed by atoms with E-state index in [-0.39, 0.29) is 0 Å². The van der Waals surface area contributed by atoms with Crippen LogP contribution in [0.2, 0.25) is 0 Å². The molecule has 0 amide bonds. The van der Waals surface area contributed by atoms with Gasteiger partial charge in [-0.15, -0.1) is 0 Å². The lowest BCUT2D eigenvalue weighted by Crippen LogP contribution is -2.10. The summed E-state index contributed by atoms with van der Waals surface area (Å²) in [6.45, 7) is 22.9. The predicted molar refractivity (Wildman–Crippen MR) is 77.7 cm³/mol. The van der Waals surface area contributed by atoms with Gasteiger partial charge in [-0.25, -0.2) is 0 Å². The molecule has 100 valence electrons. The summed E-state index contributed by atoms with van der Waals surface area (Å²) in [6.07, 6.45) is 0. The molecule has 0 aromatic heterocycles. The maximum atomic E-state index is 2.31. The molecule has 0 radical (unpaired) electrons. The van der Waals surface area contributed by atoms with E-state index in [1.165, 1.54) is 0 Å². The third-order valence-corrected chi connectivity index (χ3v) is 4.21. The lowest BCUT2D eigenvalue weighted by atomic mass is 9.88. The van der Waals surface area contributed by atoms with Crippen molar-refractivity contribution < 1.29 is 0 Å². The van der Waals surface area contributed by atoms with Crippen molar-refractivity contribution in [2.75, 3.05) is 0 Å². The Morgan fingerprint density at radius 2 is 0.438 bits per heavy atom. The highest BCUT2D eigenvalue weighted by molar-refractivity contribution is 4.60. The van der Waals surface area contributed by atoms with Crippen LogP contribution in [0.25, 0.3) is 0 Å². The largest absolute Gasteiger partial charge is 0.0625 e. The Morgan fingerprint density at radius 3 is 0.438 bits per heavy atom. The second-order valence-corrected chi connectivity index (χ2v) is 6.69. The maximum absolute atomic E-state index is 2.31. The van der Waals surface area contributed by atoms with Gasteiger partial charge in [-0.3, -0.25) is 0 Å². The molecule has 0 N–H and O–H groups in total. The van der Waals surface area contributed by atoms with E-state index in [1.807, 2.05) is 0 Å². The van der Waals surface area contributed by atoms with E-state index in [1.54, 1.807) is 0 Å². The van der Waals surface area contributed by atoms with Crippen molar-refractivity contribution in [3.63, 3.8) is 0 Å². The highest BCUT2D eigenvalue weighted by atomic mass is 14.2. The fourth-order valence-electron chi connectivity index (χ4n) is 1.54. The van der Waals surface area contributed by atoms with Crippen molar-refractivity contribution >= 4 is 0 Å². The third kappa shape index (κ3) is 9.24. The molecule has 0 saturated heterocycles. The molecule has 0 unspecified atom stereocenters. The van der Waals surface area contributed by atoms with Gasteiger partial charge in [0.1, 0.15) is 0 Å². The van der Waals surface area contributed by atoms with Gasteiger partial charge in [-0.2, -0.15) is 0 Å². The molecular formula is C16H36. The highest BCUT2D eigenvalue weighted by Gasteiger charge is 2.10. The molecule has 0 heterocycles. The van der Waals surface area contributed by atoms with Gasteiger partial charge in [0, 0.05) is 0 Å². The van der Waals surface area contributed by atoms with Crippen LogP contribution in [0.3, 0.4) is 0 Å². The molecular weight excluding hydrogens is 192 g/mol. The maximum Gasteiger partial charge on any atom is -0.0396 e. The van der Waals surface area contributed by atoms with E-state index in [0.717, 1.165) is 35.5 Å². The zero-order valence-corrected chi connectivity index (χ0v) is 13.5. The van der Waals surface area contributed by atoms with E-state index in [2.05, 4.69) is 69.2 Å². The molecule has 0 aromatic rings. The van der Waals surface area contributed by atoms with Gasteiger partial charge in [-0.05, 0) is 35.5 Å². The first-order chi connectivity index (χ1) is 7.11. The first-order valence-electron chi connectivity index (χ1n) is 7.11. The molecule has 0 fully saturated rings. The zero-order valence-electron chi connectivity index (χ0n) is 13.5. The fourth-order valence-corrected chi connectivity index (χ4v) is 1.54. The lowest BCUT2D eigenvalue weighted by Gasteiger charge is -2.18. The second-order valence-electron chi connectivity index (χ2n) is 6.69. The Morgan fingerprint density at radius 1 is 0.312 bits per heavy atom. The molecule has 0 atom stereocenters. The standard InChI is InChI=1S/2C8H18/c2*1-6(2)8(5)7(3)4/h2*6-8H,1-5H3. The average molecular weight is 228 g/mol. The first-order valence-corrected chi connectivity index (χ1v) is 7.11. The van der Waals surface area contributed by atoms with Gasteiger partial charge in [0.15, 0.2) is 0 Å². The Balaban J connectivity index is 0. The van der Waals surface area contributed by atoms with E-state index < -0.39 is 0 Å². The topological polar surface area (TPSA) is 0 Å². The number of rotatable bonds is 4.